The van der Waals surface area contributed by atoms with E-state index < -0.39 is 17.4 Å². The van der Waals surface area contributed by atoms with Gasteiger partial charge in [-0.2, -0.15) is 0 Å². The Morgan fingerprint density at radius 3 is 2.09 bits per heavy atom. The van der Waals surface area contributed by atoms with Crippen LogP contribution in [0.5, 0.6) is 0 Å². The highest BCUT2D eigenvalue weighted by molar-refractivity contribution is 7.92. The predicted octanol–water partition coefficient (Wildman–Crippen LogP) is 7.12. The van der Waals surface area contributed by atoms with Crippen molar-refractivity contribution in [2.45, 2.75) is 11.4 Å². The second-order valence-corrected chi connectivity index (χ2v) is 9.31. The van der Waals surface area contributed by atoms with E-state index in [2.05, 4.69) is 15.4 Å². The highest BCUT2D eigenvalue weighted by Crippen LogP contribution is 2.29. The van der Waals surface area contributed by atoms with Gasteiger partial charge in [0.2, 0.25) is 0 Å². The molecule has 0 heterocycles. The molecule has 0 aliphatic carbocycles. The molecule has 0 saturated heterocycles. The molecule has 0 radical (unpaired) electrons. The number of carbonyl (C=O) groups excluding carboxylic acids is 1. The van der Waals surface area contributed by atoms with E-state index in [4.69, 9.17) is 23.2 Å². The van der Waals surface area contributed by atoms with Gasteiger partial charge in [0.05, 0.1) is 5.69 Å². The van der Waals surface area contributed by atoms with Gasteiger partial charge in [-0.3, -0.25) is 0 Å². The minimum atomic E-state index is -1.47. The molecule has 4 rings (SSSR count). The van der Waals surface area contributed by atoms with Crippen molar-refractivity contribution >= 4 is 52.0 Å². The van der Waals surface area contributed by atoms with Crippen LogP contribution in [0, 0.1) is 0 Å². The van der Waals surface area contributed by atoms with Crippen molar-refractivity contribution in [2.24, 2.45) is 0 Å². The second kappa shape index (κ2) is 11.3. The summed E-state index contributed by atoms with van der Waals surface area (Å²) < 4.78 is 16.1. The van der Waals surface area contributed by atoms with Crippen LogP contribution >= 0.6 is 23.2 Å². The normalized spacial score (nSPS) is 11.5. The number of nitrogens with one attached hydrogen (secondary N) is 3. The average Bonchev–Trinajstić information content (AvgIpc) is 2.85. The molecule has 0 aromatic heterocycles. The van der Waals surface area contributed by atoms with Crippen LogP contribution < -0.4 is 15.4 Å². The standard InChI is InChI=1S/C26H21Cl2N3O2S/c27-23-10-6-11-24(28)22(23)17-29-26(32)30-19-13-15-20(16-14-19)31-34(33)25-12-5-4-9-21(25)18-7-2-1-3-8-18/h1-16,31H,17H2,(H2,29,30,32). The van der Waals surface area contributed by atoms with Crippen molar-refractivity contribution in [3.05, 3.63) is 113 Å². The Kier molecular flexibility index (Phi) is 7.98. The first-order valence-corrected chi connectivity index (χ1v) is 12.3. The molecule has 2 amide bonds. The van der Waals surface area contributed by atoms with E-state index >= 15 is 0 Å². The summed E-state index contributed by atoms with van der Waals surface area (Å²) in [4.78, 5) is 12.9. The molecule has 0 spiro atoms. The van der Waals surface area contributed by atoms with Crippen LogP contribution in [-0.2, 0) is 17.9 Å². The number of anilines is 2. The molecule has 0 aliphatic heterocycles. The fourth-order valence-corrected chi connectivity index (χ4v) is 4.89. The first kappa shape index (κ1) is 24.0. The molecule has 8 heteroatoms. The lowest BCUT2D eigenvalue weighted by molar-refractivity contribution is 0.252. The maximum Gasteiger partial charge on any atom is 0.319 e. The Labute approximate surface area is 211 Å². The van der Waals surface area contributed by atoms with Gasteiger partial charge in [-0.15, -0.1) is 0 Å². The van der Waals surface area contributed by atoms with Crippen LogP contribution in [0.1, 0.15) is 5.56 Å². The van der Waals surface area contributed by atoms with Crippen LogP contribution in [0.4, 0.5) is 16.2 Å². The Hall–Kier alpha value is -3.16. The van der Waals surface area contributed by atoms with Crippen LogP contribution in [0.3, 0.4) is 0 Å². The number of carbonyl (C=O) groups is 1. The van der Waals surface area contributed by atoms with E-state index in [0.717, 1.165) is 11.1 Å². The molecule has 0 aliphatic rings. The zero-order valence-electron chi connectivity index (χ0n) is 17.9. The SMILES string of the molecule is O=C(NCc1c(Cl)cccc1Cl)Nc1ccc(N[S+]([O-])c2ccccc2-c2ccccc2)cc1. The zero-order valence-corrected chi connectivity index (χ0v) is 20.3. The fourth-order valence-electron chi connectivity index (χ4n) is 3.31. The largest absolute Gasteiger partial charge is 0.588 e. The molecule has 1 atom stereocenters. The van der Waals surface area contributed by atoms with E-state index in [9.17, 15) is 9.35 Å². The quantitative estimate of drug-likeness (QED) is 0.232. The molecule has 0 bridgehead atoms. The predicted molar refractivity (Wildman–Crippen MR) is 141 cm³/mol. The van der Waals surface area contributed by atoms with Gasteiger partial charge in [-0.25, -0.2) is 9.52 Å². The van der Waals surface area contributed by atoms with Crippen molar-refractivity contribution in [1.29, 1.82) is 0 Å². The molecule has 172 valence electrons. The Morgan fingerprint density at radius 2 is 1.38 bits per heavy atom. The van der Waals surface area contributed by atoms with Crippen LogP contribution in [0.15, 0.2) is 102 Å². The van der Waals surface area contributed by atoms with Crippen molar-refractivity contribution in [1.82, 2.24) is 5.32 Å². The number of halogens is 2. The van der Waals surface area contributed by atoms with Gasteiger partial charge in [0.15, 0.2) is 4.90 Å². The molecular weight excluding hydrogens is 489 g/mol. The topological polar surface area (TPSA) is 76.2 Å². The van der Waals surface area contributed by atoms with Gasteiger partial charge in [0, 0.05) is 33.4 Å². The lowest BCUT2D eigenvalue weighted by atomic mass is 10.1. The number of hydrogen-bond donors (Lipinski definition) is 3. The van der Waals surface area contributed by atoms with E-state index in [0.29, 0.717) is 31.9 Å². The van der Waals surface area contributed by atoms with Crippen LogP contribution in [-0.4, -0.2) is 10.6 Å². The van der Waals surface area contributed by atoms with E-state index in [1.165, 1.54) is 0 Å². The smallest absolute Gasteiger partial charge is 0.319 e. The van der Waals surface area contributed by atoms with Gasteiger partial charge in [-0.05, 0) is 54.1 Å². The van der Waals surface area contributed by atoms with Crippen LogP contribution in [0.2, 0.25) is 10.0 Å². The maximum absolute atomic E-state index is 13.0. The molecule has 0 saturated carbocycles. The summed E-state index contributed by atoms with van der Waals surface area (Å²) in [5, 5.41) is 6.47. The number of benzene rings is 4. The third kappa shape index (κ3) is 6.04. The van der Waals surface area contributed by atoms with Gasteiger partial charge >= 0.3 is 6.03 Å². The van der Waals surface area contributed by atoms with Crippen molar-refractivity contribution < 1.29 is 9.35 Å². The third-order valence-corrected chi connectivity index (χ3v) is 6.90. The maximum atomic E-state index is 13.0. The monoisotopic (exact) mass is 509 g/mol. The molecule has 4 aromatic carbocycles. The lowest BCUT2D eigenvalue weighted by Crippen LogP contribution is -2.28. The van der Waals surface area contributed by atoms with Gasteiger partial charge in [0.25, 0.3) is 0 Å². The third-order valence-electron chi connectivity index (χ3n) is 5.01. The number of rotatable bonds is 7. The van der Waals surface area contributed by atoms with Gasteiger partial charge in [0.1, 0.15) is 11.4 Å². The minimum absolute atomic E-state index is 0.198. The first-order valence-electron chi connectivity index (χ1n) is 10.4. The van der Waals surface area contributed by atoms with Crippen LogP contribution in [0.25, 0.3) is 11.1 Å². The molecule has 5 nitrogen and oxygen atoms in total. The minimum Gasteiger partial charge on any atom is -0.588 e. The van der Waals surface area contributed by atoms with E-state index in [1.54, 1.807) is 42.5 Å². The summed E-state index contributed by atoms with van der Waals surface area (Å²) >= 11 is 10.8. The van der Waals surface area contributed by atoms with E-state index in [-0.39, 0.29) is 6.54 Å². The number of amides is 2. The number of urea groups is 1. The summed E-state index contributed by atoms with van der Waals surface area (Å²) in [6.07, 6.45) is 0. The molecule has 4 aromatic rings. The van der Waals surface area contributed by atoms with Crippen molar-refractivity contribution in [3.63, 3.8) is 0 Å². The molecule has 3 N–H and O–H groups in total. The van der Waals surface area contributed by atoms with Gasteiger partial charge in [-0.1, -0.05) is 71.7 Å². The van der Waals surface area contributed by atoms with Crippen molar-refractivity contribution in [3.8, 4) is 11.1 Å². The lowest BCUT2D eigenvalue weighted by Gasteiger charge is -2.15. The van der Waals surface area contributed by atoms with E-state index in [1.807, 2.05) is 54.6 Å². The second-order valence-electron chi connectivity index (χ2n) is 7.32. The highest BCUT2D eigenvalue weighted by atomic mass is 35.5. The Morgan fingerprint density at radius 1 is 0.765 bits per heavy atom. The molecular formula is C26H21Cl2N3O2S. The van der Waals surface area contributed by atoms with Gasteiger partial charge < -0.3 is 15.2 Å². The first-order chi connectivity index (χ1) is 16.5. The Balaban J connectivity index is 1.37. The summed E-state index contributed by atoms with van der Waals surface area (Å²) in [6.45, 7) is 0.198. The average molecular weight is 510 g/mol. The number of hydrogen-bond acceptors (Lipinski definition) is 3. The summed E-state index contributed by atoms with van der Waals surface area (Å²) in [5.74, 6) is 0. The summed E-state index contributed by atoms with van der Waals surface area (Å²) in [5.41, 5.74) is 3.80. The molecule has 0 fully saturated rings. The summed E-state index contributed by atoms with van der Waals surface area (Å²) in [7, 11) is 0. The molecule has 34 heavy (non-hydrogen) atoms. The molecule has 1 unspecified atom stereocenters. The van der Waals surface area contributed by atoms with Crippen molar-refractivity contribution in [2.75, 3.05) is 10.0 Å². The fraction of sp³-hybridized carbons (Fsp3) is 0.0385. The highest BCUT2D eigenvalue weighted by Gasteiger charge is 2.18. The zero-order chi connectivity index (χ0) is 23.9. The Bertz CT molecular complexity index is 1250. The summed E-state index contributed by atoms with van der Waals surface area (Å²) in [6, 6.07) is 29.2.